The Morgan fingerprint density at radius 1 is 1.23 bits per heavy atom. The molecular weight excluding hydrogens is 298 g/mol. The molecule has 22 heavy (non-hydrogen) atoms. The van der Waals surface area contributed by atoms with Gasteiger partial charge in [-0.2, -0.15) is 0 Å². The maximum Gasteiger partial charge on any atom is 0.257 e. The molecule has 0 saturated carbocycles. The highest BCUT2D eigenvalue weighted by Crippen LogP contribution is 2.19. The fraction of sp³-hybridized carbons (Fsp3) is 0.353. The van der Waals surface area contributed by atoms with Crippen molar-refractivity contribution < 1.29 is 4.79 Å². The van der Waals surface area contributed by atoms with Gasteiger partial charge in [-0.15, -0.1) is 0 Å². The number of aromatic nitrogens is 2. The molecule has 5 heteroatoms. The zero-order chi connectivity index (χ0) is 16.1. The summed E-state index contributed by atoms with van der Waals surface area (Å²) in [4.78, 5) is 22.9. The van der Waals surface area contributed by atoms with Crippen LogP contribution in [0.1, 0.15) is 42.5 Å². The van der Waals surface area contributed by atoms with E-state index in [2.05, 4.69) is 9.97 Å². The van der Waals surface area contributed by atoms with Gasteiger partial charge >= 0.3 is 0 Å². The third kappa shape index (κ3) is 3.83. The van der Waals surface area contributed by atoms with E-state index >= 15 is 0 Å². The second-order valence-electron chi connectivity index (χ2n) is 5.36. The second kappa shape index (κ2) is 7.36. The van der Waals surface area contributed by atoms with Gasteiger partial charge in [0.2, 0.25) is 0 Å². The van der Waals surface area contributed by atoms with Gasteiger partial charge in [-0.05, 0) is 25.5 Å². The average molecular weight is 318 g/mol. The summed E-state index contributed by atoms with van der Waals surface area (Å²) in [6.45, 7) is 6.41. The van der Waals surface area contributed by atoms with Crippen LogP contribution in [0.25, 0.3) is 0 Å². The van der Waals surface area contributed by atoms with E-state index in [-0.39, 0.29) is 11.9 Å². The summed E-state index contributed by atoms with van der Waals surface area (Å²) < 4.78 is 0. The molecule has 0 aliphatic carbocycles. The molecule has 0 bridgehead atoms. The van der Waals surface area contributed by atoms with Crippen molar-refractivity contribution in [2.24, 2.45) is 0 Å². The number of halogens is 1. The molecule has 0 unspecified atom stereocenters. The molecule has 0 saturated heterocycles. The molecule has 0 aliphatic heterocycles. The van der Waals surface area contributed by atoms with Crippen molar-refractivity contribution in [1.29, 1.82) is 0 Å². The van der Waals surface area contributed by atoms with Crippen molar-refractivity contribution in [1.82, 2.24) is 14.9 Å². The van der Waals surface area contributed by atoms with Crippen molar-refractivity contribution in [3.05, 3.63) is 58.6 Å². The molecular formula is C17H20ClN3O. The lowest BCUT2D eigenvalue weighted by molar-refractivity contribution is 0.0689. The number of hydrogen-bond donors (Lipinski definition) is 0. The Morgan fingerprint density at radius 2 is 1.86 bits per heavy atom. The van der Waals surface area contributed by atoms with Gasteiger partial charge in [0.05, 0.1) is 5.56 Å². The number of rotatable bonds is 5. The largest absolute Gasteiger partial charge is 0.332 e. The van der Waals surface area contributed by atoms with E-state index < -0.39 is 0 Å². The third-order valence-electron chi connectivity index (χ3n) is 3.45. The Balaban J connectivity index is 2.23. The van der Waals surface area contributed by atoms with E-state index in [9.17, 15) is 4.79 Å². The monoisotopic (exact) mass is 317 g/mol. The first kappa shape index (κ1) is 16.4. The van der Waals surface area contributed by atoms with E-state index in [1.165, 1.54) is 0 Å². The molecule has 0 atom stereocenters. The van der Waals surface area contributed by atoms with Crippen LogP contribution in [0, 0.1) is 0 Å². The molecule has 2 rings (SSSR count). The molecule has 0 radical (unpaired) electrons. The topological polar surface area (TPSA) is 46.1 Å². The number of nitrogens with zero attached hydrogens (tertiary/aromatic N) is 3. The molecule has 1 aromatic carbocycles. The summed E-state index contributed by atoms with van der Waals surface area (Å²) in [6.07, 6.45) is 3.94. The van der Waals surface area contributed by atoms with Crippen LogP contribution in [0.5, 0.6) is 0 Å². The molecule has 0 fully saturated rings. The predicted molar refractivity (Wildman–Crippen MR) is 87.9 cm³/mol. The van der Waals surface area contributed by atoms with Crippen LogP contribution < -0.4 is 0 Å². The number of hydrogen-bond acceptors (Lipinski definition) is 3. The van der Waals surface area contributed by atoms with Gasteiger partial charge in [-0.3, -0.25) is 4.79 Å². The predicted octanol–water partition coefficient (Wildman–Crippen LogP) is 3.74. The minimum atomic E-state index is -0.0856. The van der Waals surface area contributed by atoms with Crippen LogP contribution >= 0.6 is 11.6 Å². The second-order valence-corrected chi connectivity index (χ2v) is 5.77. The first-order valence-corrected chi connectivity index (χ1v) is 7.76. The molecule has 116 valence electrons. The van der Waals surface area contributed by atoms with Gasteiger partial charge in [0.25, 0.3) is 5.91 Å². The zero-order valence-corrected chi connectivity index (χ0v) is 13.8. The number of carbonyl (C=O) groups excluding carboxylic acids is 1. The third-order valence-corrected chi connectivity index (χ3v) is 3.82. The Morgan fingerprint density at radius 3 is 2.41 bits per heavy atom. The molecule has 4 nitrogen and oxygen atoms in total. The quantitative estimate of drug-likeness (QED) is 0.844. The molecule has 1 heterocycles. The number of aryl methyl sites for hydroxylation is 1. The van der Waals surface area contributed by atoms with Crippen molar-refractivity contribution in [2.75, 3.05) is 0 Å². The van der Waals surface area contributed by atoms with E-state index in [1.807, 2.05) is 45.0 Å². The van der Waals surface area contributed by atoms with E-state index in [0.717, 1.165) is 17.8 Å². The Bertz CT molecular complexity index is 641. The highest BCUT2D eigenvalue weighted by atomic mass is 35.5. The van der Waals surface area contributed by atoms with Gasteiger partial charge in [-0.1, -0.05) is 36.7 Å². The summed E-state index contributed by atoms with van der Waals surface area (Å²) >= 11 is 6.20. The highest BCUT2D eigenvalue weighted by molar-refractivity contribution is 6.31. The average Bonchev–Trinajstić information content (AvgIpc) is 2.53. The standard InChI is InChI=1S/C17H20ClN3O/c1-4-16-19-9-14(10-20-16)17(22)21(12(2)3)11-13-7-5-6-8-15(13)18/h5-10,12H,4,11H2,1-3H3. The van der Waals surface area contributed by atoms with Gasteiger partial charge < -0.3 is 4.90 Å². The lowest BCUT2D eigenvalue weighted by atomic mass is 10.1. The molecule has 2 aromatic rings. The van der Waals surface area contributed by atoms with E-state index in [1.54, 1.807) is 17.3 Å². The van der Waals surface area contributed by atoms with Gasteiger partial charge in [0.1, 0.15) is 5.82 Å². The van der Waals surface area contributed by atoms with Crippen molar-refractivity contribution >= 4 is 17.5 Å². The van der Waals surface area contributed by atoms with Crippen LogP contribution in [0.15, 0.2) is 36.7 Å². The fourth-order valence-corrected chi connectivity index (χ4v) is 2.31. The van der Waals surface area contributed by atoms with Crippen molar-refractivity contribution in [3.63, 3.8) is 0 Å². The van der Waals surface area contributed by atoms with Crippen LogP contribution in [0.4, 0.5) is 0 Å². The summed E-state index contributed by atoms with van der Waals surface area (Å²) in [6, 6.07) is 7.61. The van der Waals surface area contributed by atoms with Gasteiger partial charge in [-0.25, -0.2) is 9.97 Å². The first-order valence-electron chi connectivity index (χ1n) is 7.38. The van der Waals surface area contributed by atoms with Crippen LogP contribution in [0.3, 0.4) is 0 Å². The molecule has 0 aliphatic rings. The minimum absolute atomic E-state index is 0.0506. The maximum absolute atomic E-state index is 12.7. The smallest absolute Gasteiger partial charge is 0.257 e. The highest BCUT2D eigenvalue weighted by Gasteiger charge is 2.20. The summed E-state index contributed by atoms with van der Waals surface area (Å²) in [5.41, 5.74) is 1.43. The van der Waals surface area contributed by atoms with Crippen LogP contribution in [0.2, 0.25) is 5.02 Å². The Labute approximate surface area is 136 Å². The van der Waals surface area contributed by atoms with Crippen LogP contribution in [-0.4, -0.2) is 26.8 Å². The normalized spacial score (nSPS) is 10.8. The lowest BCUT2D eigenvalue weighted by Crippen LogP contribution is -2.36. The SMILES string of the molecule is CCc1ncc(C(=O)N(Cc2ccccc2Cl)C(C)C)cn1. The number of carbonyl (C=O) groups is 1. The summed E-state index contributed by atoms with van der Waals surface area (Å²) in [7, 11) is 0. The Hall–Kier alpha value is -1.94. The first-order chi connectivity index (χ1) is 10.5. The molecule has 1 amide bonds. The molecule has 0 spiro atoms. The maximum atomic E-state index is 12.7. The lowest BCUT2D eigenvalue weighted by Gasteiger charge is -2.27. The minimum Gasteiger partial charge on any atom is -0.332 e. The summed E-state index contributed by atoms with van der Waals surface area (Å²) in [5.74, 6) is 0.649. The van der Waals surface area contributed by atoms with Gasteiger partial charge in [0.15, 0.2) is 0 Å². The Kier molecular flexibility index (Phi) is 5.50. The van der Waals surface area contributed by atoms with E-state index in [4.69, 9.17) is 11.6 Å². The van der Waals surface area contributed by atoms with Gasteiger partial charge in [0, 0.05) is 36.4 Å². The fourth-order valence-electron chi connectivity index (χ4n) is 2.11. The molecule has 0 N–H and O–H groups in total. The van der Waals surface area contributed by atoms with Crippen molar-refractivity contribution in [2.45, 2.75) is 39.8 Å². The molecule has 1 aromatic heterocycles. The number of benzene rings is 1. The van der Waals surface area contributed by atoms with Crippen molar-refractivity contribution in [3.8, 4) is 0 Å². The van der Waals surface area contributed by atoms with E-state index in [0.29, 0.717) is 17.1 Å². The van der Waals surface area contributed by atoms with Crippen LogP contribution in [-0.2, 0) is 13.0 Å². The summed E-state index contributed by atoms with van der Waals surface area (Å²) in [5, 5.41) is 0.665. The zero-order valence-electron chi connectivity index (χ0n) is 13.1. The number of amides is 1.